The van der Waals surface area contributed by atoms with Crippen molar-refractivity contribution in [2.75, 3.05) is 13.2 Å². The number of carbonyl (C=O) groups is 2. The number of aryl methyl sites for hydroxylation is 2. The molecule has 0 aliphatic carbocycles. The van der Waals surface area contributed by atoms with Crippen molar-refractivity contribution in [1.82, 2.24) is 0 Å². The van der Waals surface area contributed by atoms with E-state index in [4.69, 9.17) is 22.6 Å². The molecule has 0 spiro atoms. The van der Waals surface area contributed by atoms with Crippen LogP contribution >= 0.6 is 0 Å². The molecule has 0 N–H and O–H groups in total. The monoisotopic (exact) mass is 680 g/mol. The normalized spacial score (nSPS) is 19.6. The van der Waals surface area contributed by atoms with E-state index in [1.807, 2.05) is 0 Å². The van der Waals surface area contributed by atoms with Crippen molar-refractivity contribution in [1.29, 1.82) is 0 Å². The molecule has 0 bridgehead atoms. The van der Waals surface area contributed by atoms with Gasteiger partial charge in [0.1, 0.15) is 24.9 Å². The standard InChI is InChI=1S/C34H32O11S2/c1-23-13-17-27(18-14-23)46(37,38)42-22-30-32(45-47(39,40)28-19-15-24(2)16-20-28)31(44-34(36)26-11-7-4-8-12-26)29(43-30)21-41-33(35)25-9-5-3-6-10-25/h3-20,29-32H,21-22H2,1-2H3/t29-,30+,31-,32-/m1/s1. The van der Waals surface area contributed by atoms with E-state index in [-0.39, 0.29) is 20.9 Å². The zero-order valence-electron chi connectivity index (χ0n) is 25.4. The van der Waals surface area contributed by atoms with Gasteiger partial charge in [-0.3, -0.25) is 8.37 Å². The summed E-state index contributed by atoms with van der Waals surface area (Å²) in [5.41, 5.74) is 2.01. The maximum absolute atomic E-state index is 13.5. The van der Waals surface area contributed by atoms with Gasteiger partial charge in [-0.05, 0) is 62.4 Å². The lowest BCUT2D eigenvalue weighted by molar-refractivity contribution is -0.0481. The molecule has 0 aromatic heterocycles. The minimum atomic E-state index is -4.52. The van der Waals surface area contributed by atoms with E-state index < -0.39 is 69.8 Å². The quantitative estimate of drug-likeness (QED) is 0.152. The second-order valence-corrected chi connectivity index (χ2v) is 14.0. The number of hydrogen-bond donors (Lipinski definition) is 0. The van der Waals surface area contributed by atoms with Crippen molar-refractivity contribution >= 4 is 32.2 Å². The van der Waals surface area contributed by atoms with Gasteiger partial charge in [-0.25, -0.2) is 9.59 Å². The van der Waals surface area contributed by atoms with Gasteiger partial charge in [-0.2, -0.15) is 16.8 Å². The molecule has 0 radical (unpaired) electrons. The first-order valence-corrected chi connectivity index (χ1v) is 17.3. The average Bonchev–Trinajstić information content (AvgIpc) is 3.38. The smallest absolute Gasteiger partial charge is 0.338 e. The number of carbonyl (C=O) groups excluding carboxylic acids is 2. The zero-order valence-corrected chi connectivity index (χ0v) is 27.1. The predicted molar refractivity (Wildman–Crippen MR) is 169 cm³/mol. The summed E-state index contributed by atoms with van der Waals surface area (Å²) in [5.74, 6) is -1.55. The van der Waals surface area contributed by atoms with Gasteiger partial charge in [0.2, 0.25) is 0 Å². The Morgan fingerprint density at radius 3 is 1.60 bits per heavy atom. The van der Waals surface area contributed by atoms with Gasteiger partial charge in [-0.1, -0.05) is 71.8 Å². The third-order valence-corrected chi connectivity index (χ3v) is 9.91. The van der Waals surface area contributed by atoms with Crippen LogP contribution in [0.25, 0.3) is 0 Å². The van der Waals surface area contributed by atoms with E-state index >= 15 is 0 Å². The Balaban J connectivity index is 1.47. The van der Waals surface area contributed by atoms with E-state index in [1.165, 1.54) is 48.5 Å². The van der Waals surface area contributed by atoms with E-state index in [1.54, 1.807) is 74.5 Å². The Labute approximate surface area is 273 Å². The van der Waals surface area contributed by atoms with Gasteiger partial charge >= 0.3 is 11.9 Å². The van der Waals surface area contributed by atoms with E-state index in [9.17, 15) is 26.4 Å². The highest BCUT2D eigenvalue weighted by Gasteiger charge is 2.51. The summed E-state index contributed by atoms with van der Waals surface area (Å²) < 4.78 is 81.3. The molecule has 1 aliphatic heterocycles. The van der Waals surface area contributed by atoms with Gasteiger partial charge in [0.15, 0.2) is 6.10 Å². The topological polar surface area (TPSA) is 149 Å². The number of benzene rings is 4. The summed E-state index contributed by atoms with van der Waals surface area (Å²) >= 11 is 0. The van der Waals surface area contributed by atoms with Gasteiger partial charge in [0.25, 0.3) is 20.2 Å². The lowest BCUT2D eigenvalue weighted by atomic mass is 10.1. The molecule has 0 amide bonds. The van der Waals surface area contributed by atoms with E-state index in [0.717, 1.165) is 11.1 Å². The van der Waals surface area contributed by atoms with Crippen molar-refractivity contribution in [3.8, 4) is 0 Å². The zero-order chi connectivity index (χ0) is 33.6. The molecule has 47 heavy (non-hydrogen) atoms. The van der Waals surface area contributed by atoms with Crippen molar-refractivity contribution in [2.24, 2.45) is 0 Å². The van der Waals surface area contributed by atoms with E-state index in [2.05, 4.69) is 0 Å². The van der Waals surface area contributed by atoms with Crippen molar-refractivity contribution in [3.05, 3.63) is 131 Å². The molecule has 1 heterocycles. The highest BCUT2D eigenvalue weighted by molar-refractivity contribution is 7.87. The summed E-state index contributed by atoms with van der Waals surface area (Å²) in [6, 6.07) is 27.8. The third-order valence-electron chi connectivity index (χ3n) is 7.29. The Morgan fingerprint density at radius 2 is 1.06 bits per heavy atom. The fourth-order valence-electron chi connectivity index (χ4n) is 4.75. The Hall–Kier alpha value is -4.40. The minimum absolute atomic E-state index is 0.133. The third kappa shape index (κ3) is 8.50. The number of rotatable bonds is 12. The first-order valence-electron chi connectivity index (χ1n) is 14.5. The summed E-state index contributed by atoms with van der Waals surface area (Å²) in [4.78, 5) is 25.7. The molecule has 246 valence electrons. The van der Waals surface area contributed by atoms with Crippen molar-refractivity contribution < 1.29 is 49.0 Å². The summed E-state index contributed by atoms with van der Waals surface area (Å²) in [6.45, 7) is 2.37. The molecule has 5 rings (SSSR count). The maximum Gasteiger partial charge on any atom is 0.338 e. The SMILES string of the molecule is Cc1ccc(S(=O)(=O)OC[C@@H]2O[C@H](COC(=O)c3ccccc3)[C@@H](OC(=O)c3ccccc3)[C@@H]2OS(=O)(=O)c2ccc(C)cc2)cc1. The second kappa shape index (κ2) is 14.6. The fourth-order valence-corrected chi connectivity index (χ4v) is 6.77. The number of esters is 2. The van der Waals surface area contributed by atoms with Crippen LogP contribution in [0.1, 0.15) is 31.8 Å². The van der Waals surface area contributed by atoms with Gasteiger partial charge < -0.3 is 14.2 Å². The van der Waals surface area contributed by atoms with Crippen LogP contribution in [0.4, 0.5) is 0 Å². The van der Waals surface area contributed by atoms with Crippen molar-refractivity contribution in [3.63, 3.8) is 0 Å². The second-order valence-electron chi connectivity index (χ2n) is 10.8. The minimum Gasteiger partial charge on any atom is -0.459 e. The van der Waals surface area contributed by atoms with Gasteiger partial charge in [-0.15, -0.1) is 0 Å². The van der Waals surface area contributed by atoms with Crippen LogP contribution in [-0.2, 0) is 42.8 Å². The molecule has 1 saturated heterocycles. The van der Waals surface area contributed by atoms with Crippen molar-refractivity contribution in [2.45, 2.75) is 48.1 Å². The average molecular weight is 681 g/mol. The van der Waals surface area contributed by atoms with Crippen LogP contribution < -0.4 is 0 Å². The van der Waals surface area contributed by atoms with Crippen LogP contribution in [0.2, 0.25) is 0 Å². The Bertz CT molecular complexity index is 1890. The molecular weight excluding hydrogens is 648 g/mol. The Morgan fingerprint density at radius 1 is 0.596 bits per heavy atom. The summed E-state index contributed by atoms with van der Waals surface area (Å²) in [6.07, 6.45) is -5.78. The summed E-state index contributed by atoms with van der Waals surface area (Å²) in [5, 5.41) is 0. The van der Waals surface area contributed by atoms with E-state index in [0.29, 0.717) is 0 Å². The van der Waals surface area contributed by atoms with Crippen LogP contribution in [0, 0.1) is 13.8 Å². The fraction of sp³-hybridized carbons (Fsp3) is 0.235. The molecule has 4 aromatic carbocycles. The molecule has 0 saturated carbocycles. The first-order chi connectivity index (χ1) is 22.4. The first kappa shape index (κ1) is 33.9. The Kier molecular flexibility index (Phi) is 10.5. The molecule has 1 aliphatic rings. The molecule has 4 aromatic rings. The molecule has 11 nitrogen and oxygen atoms in total. The van der Waals surface area contributed by atoms with Crippen LogP contribution in [0.3, 0.4) is 0 Å². The molecule has 4 atom stereocenters. The molecule has 13 heteroatoms. The number of ether oxygens (including phenoxy) is 3. The molecule has 0 unspecified atom stereocenters. The van der Waals surface area contributed by atoms with Crippen LogP contribution in [0.15, 0.2) is 119 Å². The molecule has 1 fully saturated rings. The lowest BCUT2D eigenvalue weighted by Gasteiger charge is -2.24. The van der Waals surface area contributed by atoms with Gasteiger partial charge in [0.05, 0.1) is 27.5 Å². The highest BCUT2D eigenvalue weighted by Crippen LogP contribution is 2.32. The summed E-state index contributed by atoms with van der Waals surface area (Å²) in [7, 11) is -8.85. The van der Waals surface area contributed by atoms with Crippen LogP contribution in [0.5, 0.6) is 0 Å². The number of hydrogen-bond acceptors (Lipinski definition) is 11. The molecular formula is C34H32O11S2. The highest BCUT2D eigenvalue weighted by atomic mass is 32.2. The maximum atomic E-state index is 13.5. The predicted octanol–water partition coefficient (Wildman–Crippen LogP) is 4.63. The largest absolute Gasteiger partial charge is 0.459 e. The van der Waals surface area contributed by atoms with Gasteiger partial charge in [0, 0.05) is 0 Å². The van der Waals surface area contributed by atoms with Crippen LogP contribution in [-0.4, -0.2) is 66.4 Å². The lowest BCUT2D eigenvalue weighted by Crippen LogP contribution is -2.43.